The Morgan fingerprint density at radius 1 is 1.19 bits per heavy atom. The maximum Gasteiger partial charge on any atom is 0.121 e. The molecule has 0 saturated heterocycles. The highest BCUT2D eigenvalue weighted by molar-refractivity contribution is 5.43. The lowest BCUT2D eigenvalue weighted by Gasteiger charge is -2.06. The molecule has 0 fully saturated rings. The monoisotopic (exact) mass is 214 g/mol. The average molecular weight is 214 g/mol. The van der Waals surface area contributed by atoms with Crippen LogP contribution in [-0.4, -0.2) is 11.6 Å². The molecule has 2 rings (SSSR count). The smallest absolute Gasteiger partial charge is 0.121 e. The number of ether oxygens (including phenoxy) is 1. The molecule has 1 aromatic carbocycles. The van der Waals surface area contributed by atoms with Crippen LogP contribution in [0.5, 0.6) is 5.75 Å². The molecule has 82 valence electrons. The highest BCUT2D eigenvalue weighted by Crippen LogP contribution is 2.14. The van der Waals surface area contributed by atoms with E-state index in [1.54, 1.807) is 6.20 Å². The van der Waals surface area contributed by atoms with Gasteiger partial charge in [0.2, 0.25) is 0 Å². The average Bonchev–Trinajstić information content (AvgIpc) is 2.30. The van der Waals surface area contributed by atoms with Crippen LogP contribution in [0.15, 0.2) is 48.8 Å². The predicted molar refractivity (Wildman–Crippen MR) is 64.3 cm³/mol. The van der Waals surface area contributed by atoms with Crippen molar-refractivity contribution in [3.8, 4) is 5.75 Å². The van der Waals surface area contributed by atoms with Crippen molar-refractivity contribution in [1.29, 1.82) is 0 Å². The standard InChI is InChI=1S/C13H14N2O/c14-12-4-1-5-13(9-12)16-8-6-11-3-2-7-15-10-11/h1-5,7,9-10H,6,8,14H2. The van der Waals surface area contributed by atoms with E-state index in [0.717, 1.165) is 17.9 Å². The van der Waals surface area contributed by atoms with Crippen molar-refractivity contribution < 1.29 is 4.74 Å². The normalized spacial score (nSPS) is 10.0. The third-order valence-corrected chi connectivity index (χ3v) is 2.24. The van der Waals surface area contributed by atoms with E-state index >= 15 is 0 Å². The van der Waals surface area contributed by atoms with E-state index in [-0.39, 0.29) is 0 Å². The third-order valence-electron chi connectivity index (χ3n) is 2.24. The van der Waals surface area contributed by atoms with Gasteiger partial charge in [-0.05, 0) is 23.8 Å². The Morgan fingerprint density at radius 2 is 2.12 bits per heavy atom. The molecule has 0 saturated carbocycles. The molecule has 0 bridgehead atoms. The van der Waals surface area contributed by atoms with Crippen LogP contribution in [0, 0.1) is 0 Å². The van der Waals surface area contributed by atoms with Gasteiger partial charge >= 0.3 is 0 Å². The van der Waals surface area contributed by atoms with Crippen LogP contribution in [0.4, 0.5) is 5.69 Å². The van der Waals surface area contributed by atoms with Crippen molar-refractivity contribution in [3.05, 3.63) is 54.4 Å². The molecule has 0 atom stereocenters. The lowest BCUT2D eigenvalue weighted by Crippen LogP contribution is -2.01. The zero-order valence-electron chi connectivity index (χ0n) is 8.97. The van der Waals surface area contributed by atoms with Gasteiger partial charge in [-0.3, -0.25) is 4.98 Å². The minimum absolute atomic E-state index is 0.634. The second-order valence-electron chi connectivity index (χ2n) is 3.53. The largest absolute Gasteiger partial charge is 0.493 e. The van der Waals surface area contributed by atoms with E-state index < -0.39 is 0 Å². The van der Waals surface area contributed by atoms with Gasteiger partial charge in [0.25, 0.3) is 0 Å². The van der Waals surface area contributed by atoms with Gasteiger partial charge in [0.05, 0.1) is 6.61 Å². The van der Waals surface area contributed by atoms with Gasteiger partial charge in [0.1, 0.15) is 5.75 Å². The maximum atomic E-state index is 5.65. The lowest BCUT2D eigenvalue weighted by atomic mass is 10.2. The van der Waals surface area contributed by atoms with Crippen molar-refractivity contribution in [2.75, 3.05) is 12.3 Å². The number of nitrogens with two attached hydrogens (primary N) is 1. The number of aromatic nitrogens is 1. The molecule has 0 aliphatic heterocycles. The fraction of sp³-hybridized carbons (Fsp3) is 0.154. The molecule has 0 unspecified atom stereocenters. The van der Waals surface area contributed by atoms with Gasteiger partial charge in [0, 0.05) is 30.6 Å². The van der Waals surface area contributed by atoms with Crippen molar-refractivity contribution in [1.82, 2.24) is 4.98 Å². The van der Waals surface area contributed by atoms with E-state index in [1.807, 2.05) is 42.6 Å². The minimum atomic E-state index is 0.634. The topological polar surface area (TPSA) is 48.1 Å². The number of benzene rings is 1. The van der Waals surface area contributed by atoms with Crippen LogP contribution in [0.3, 0.4) is 0 Å². The number of hydrogen-bond acceptors (Lipinski definition) is 3. The summed E-state index contributed by atoms with van der Waals surface area (Å²) >= 11 is 0. The molecule has 3 nitrogen and oxygen atoms in total. The number of pyridine rings is 1. The van der Waals surface area contributed by atoms with E-state index in [4.69, 9.17) is 10.5 Å². The summed E-state index contributed by atoms with van der Waals surface area (Å²) in [5, 5.41) is 0. The third kappa shape index (κ3) is 2.98. The number of rotatable bonds is 4. The van der Waals surface area contributed by atoms with Gasteiger partial charge in [-0.25, -0.2) is 0 Å². The molecule has 0 amide bonds. The van der Waals surface area contributed by atoms with Gasteiger partial charge in [-0.1, -0.05) is 12.1 Å². The van der Waals surface area contributed by atoms with Crippen LogP contribution in [0.2, 0.25) is 0 Å². The predicted octanol–water partition coefficient (Wildman–Crippen LogP) is 2.29. The molecule has 0 aliphatic carbocycles. The number of anilines is 1. The van der Waals surface area contributed by atoms with Crippen LogP contribution in [0.1, 0.15) is 5.56 Å². The molecular formula is C13H14N2O. The Morgan fingerprint density at radius 3 is 2.88 bits per heavy atom. The Bertz CT molecular complexity index is 443. The SMILES string of the molecule is Nc1cccc(OCCc2cccnc2)c1. The lowest BCUT2D eigenvalue weighted by molar-refractivity contribution is 0.322. The molecule has 0 aliphatic rings. The number of nitrogen functional groups attached to an aromatic ring is 1. The Labute approximate surface area is 94.9 Å². The number of hydrogen-bond donors (Lipinski definition) is 1. The van der Waals surface area contributed by atoms with Crippen LogP contribution in [-0.2, 0) is 6.42 Å². The summed E-state index contributed by atoms with van der Waals surface area (Å²) in [4.78, 5) is 4.05. The summed E-state index contributed by atoms with van der Waals surface area (Å²) in [6, 6.07) is 11.4. The molecular weight excluding hydrogens is 200 g/mol. The summed E-state index contributed by atoms with van der Waals surface area (Å²) in [5.41, 5.74) is 7.55. The Balaban J connectivity index is 1.85. The van der Waals surface area contributed by atoms with Crippen molar-refractivity contribution in [3.63, 3.8) is 0 Å². The summed E-state index contributed by atoms with van der Waals surface area (Å²) in [7, 11) is 0. The Hall–Kier alpha value is -2.03. The van der Waals surface area contributed by atoms with Gasteiger partial charge in [0.15, 0.2) is 0 Å². The molecule has 0 spiro atoms. The summed E-state index contributed by atoms with van der Waals surface area (Å²) in [6.07, 6.45) is 4.47. The summed E-state index contributed by atoms with van der Waals surface area (Å²) in [6.45, 7) is 0.634. The highest BCUT2D eigenvalue weighted by Gasteiger charge is 1.95. The van der Waals surface area contributed by atoms with E-state index in [1.165, 1.54) is 5.56 Å². The first kappa shape index (κ1) is 10.5. The second-order valence-corrected chi connectivity index (χ2v) is 3.53. The second kappa shape index (κ2) is 5.16. The van der Waals surface area contributed by atoms with Crippen molar-refractivity contribution in [2.24, 2.45) is 0 Å². The molecule has 1 aromatic heterocycles. The van der Waals surface area contributed by atoms with E-state index in [0.29, 0.717) is 6.61 Å². The maximum absolute atomic E-state index is 5.65. The van der Waals surface area contributed by atoms with Crippen molar-refractivity contribution >= 4 is 5.69 Å². The van der Waals surface area contributed by atoms with E-state index in [2.05, 4.69) is 4.98 Å². The first-order valence-corrected chi connectivity index (χ1v) is 5.22. The fourth-order valence-corrected chi connectivity index (χ4v) is 1.44. The zero-order chi connectivity index (χ0) is 11.2. The van der Waals surface area contributed by atoms with Gasteiger partial charge in [-0.15, -0.1) is 0 Å². The van der Waals surface area contributed by atoms with Crippen LogP contribution < -0.4 is 10.5 Å². The minimum Gasteiger partial charge on any atom is -0.493 e. The van der Waals surface area contributed by atoms with E-state index in [9.17, 15) is 0 Å². The number of nitrogens with zero attached hydrogens (tertiary/aromatic N) is 1. The molecule has 0 radical (unpaired) electrons. The summed E-state index contributed by atoms with van der Waals surface area (Å²) < 4.78 is 5.58. The molecule has 1 heterocycles. The zero-order valence-corrected chi connectivity index (χ0v) is 8.97. The van der Waals surface area contributed by atoms with Crippen LogP contribution in [0.25, 0.3) is 0 Å². The van der Waals surface area contributed by atoms with Crippen LogP contribution >= 0.6 is 0 Å². The highest BCUT2D eigenvalue weighted by atomic mass is 16.5. The van der Waals surface area contributed by atoms with Gasteiger partial charge < -0.3 is 10.5 Å². The first-order chi connectivity index (χ1) is 7.84. The Kier molecular flexibility index (Phi) is 3.38. The quantitative estimate of drug-likeness (QED) is 0.794. The molecule has 16 heavy (non-hydrogen) atoms. The molecule has 2 aromatic rings. The van der Waals surface area contributed by atoms with Gasteiger partial charge in [-0.2, -0.15) is 0 Å². The fourth-order valence-electron chi connectivity index (χ4n) is 1.44. The van der Waals surface area contributed by atoms with Crippen molar-refractivity contribution in [2.45, 2.75) is 6.42 Å². The molecule has 3 heteroatoms. The molecule has 2 N–H and O–H groups in total. The first-order valence-electron chi connectivity index (χ1n) is 5.22. The summed E-state index contributed by atoms with van der Waals surface area (Å²) in [5.74, 6) is 0.809.